The van der Waals surface area contributed by atoms with E-state index in [1.165, 1.54) is 11.8 Å². The highest BCUT2D eigenvalue weighted by atomic mass is 32.2. The number of para-hydroxylation sites is 1. The summed E-state index contributed by atoms with van der Waals surface area (Å²) in [6.07, 6.45) is 1.68. The Morgan fingerprint density at radius 2 is 1.86 bits per heavy atom. The van der Waals surface area contributed by atoms with Crippen LogP contribution < -0.4 is 10.1 Å². The molecule has 0 atom stereocenters. The van der Waals surface area contributed by atoms with E-state index in [1.807, 2.05) is 48.5 Å². The van der Waals surface area contributed by atoms with Crippen LogP contribution in [0.4, 0.5) is 5.82 Å². The van der Waals surface area contributed by atoms with E-state index < -0.39 is 0 Å². The van der Waals surface area contributed by atoms with Gasteiger partial charge in [-0.25, -0.2) is 15.0 Å². The van der Waals surface area contributed by atoms with Crippen molar-refractivity contribution >= 4 is 28.5 Å². The topological polar surface area (TPSA) is 73.1 Å². The smallest absolute Gasteiger partial charge is 0.226 e. The van der Waals surface area contributed by atoms with E-state index >= 15 is 0 Å². The van der Waals surface area contributed by atoms with Gasteiger partial charge in [-0.1, -0.05) is 23.9 Å². The molecule has 0 bridgehead atoms. The summed E-state index contributed by atoms with van der Waals surface area (Å²) in [4.78, 5) is 13.9. The van der Waals surface area contributed by atoms with Crippen molar-refractivity contribution in [2.24, 2.45) is 0 Å². The number of fused-ring (bicyclic) bond motifs is 1. The summed E-state index contributed by atoms with van der Waals surface area (Å²) in [5, 5.41) is 5.05. The molecule has 0 saturated carbocycles. The third kappa shape index (κ3) is 3.94. The second-order valence-corrected chi connectivity index (χ2v) is 7.01. The largest absolute Gasteiger partial charge is 0.497 e. The number of oxazole rings is 1. The van der Waals surface area contributed by atoms with Crippen molar-refractivity contribution in [3.8, 4) is 17.2 Å². The lowest BCUT2D eigenvalue weighted by Gasteiger charge is -2.08. The van der Waals surface area contributed by atoms with Crippen molar-refractivity contribution in [1.82, 2.24) is 15.0 Å². The second kappa shape index (κ2) is 8.31. The number of nitrogens with zero attached hydrogens (tertiary/aromatic N) is 3. The molecule has 2 aromatic heterocycles. The number of thioether (sulfide) groups is 1. The molecule has 4 rings (SSSR count). The fourth-order valence-corrected chi connectivity index (χ4v) is 3.53. The molecular formula is C21H20N4O2S. The Bertz CT molecular complexity index is 1080. The molecule has 6 nitrogen and oxygen atoms in total. The summed E-state index contributed by atoms with van der Waals surface area (Å²) in [6, 6.07) is 15.6. The molecule has 0 saturated heterocycles. The Morgan fingerprint density at radius 1 is 1.04 bits per heavy atom. The van der Waals surface area contributed by atoms with Crippen LogP contribution in [0.25, 0.3) is 22.4 Å². The zero-order valence-corrected chi connectivity index (χ0v) is 16.5. The molecule has 2 heterocycles. The van der Waals surface area contributed by atoms with Crippen molar-refractivity contribution < 1.29 is 9.15 Å². The highest BCUT2D eigenvalue weighted by Gasteiger charge is 2.11. The summed E-state index contributed by atoms with van der Waals surface area (Å²) in [5.74, 6) is 2.88. The van der Waals surface area contributed by atoms with Gasteiger partial charge in [0.05, 0.1) is 18.3 Å². The number of anilines is 1. The minimum atomic E-state index is 0.589. The second-order valence-electron chi connectivity index (χ2n) is 6.06. The minimum Gasteiger partial charge on any atom is -0.497 e. The average molecular weight is 392 g/mol. The fraction of sp³-hybridized carbons (Fsp3) is 0.190. The predicted molar refractivity (Wildman–Crippen MR) is 112 cm³/mol. The SMILES string of the molecule is CCNc1nc(SCc2coc(-c3ccc(OC)cc3)n2)nc2ccccc12. The van der Waals surface area contributed by atoms with Gasteiger partial charge in [-0.05, 0) is 43.3 Å². The maximum Gasteiger partial charge on any atom is 0.226 e. The van der Waals surface area contributed by atoms with Crippen LogP contribution in [0, 0.1) is 0 Å². The first kappa shape index (κ1) is 18.3. The molecule has 0 aliphatic heterocycles. The van der Waals surface area contributed by atoms with Gasteiger partial charge in [0, 0.05) is 23.2 Å². The Balaban J connectivity index is 1.51. The monoisotopic (exact) mass is 392 g/mol. The molecule has 2 aromatic carbocycles. The standard InChI is InChI=1S/C21H20N4O2S/c1-3-22-19-17-6-4-5-7-18(17)24-21(25-19)28-13-15-12-27-20(23-15)14-8-10-16(26-2)11-9-14/h4-12H,3,13H2,1-2H3,(H,22,24,25). The van der Waals surface area contributed by atoms with Gasteiger partial charge in [-0.3, -0.25) is 0 Å². The summed E-state index contributed by atoms with van der Waals surface area (Å²) in [6.45, 7) is 2.86. The molecule has 142 valence electrons. The van der Waals surface area contributed by atoms with Crippen molar-refractivity contribution in [1.29, 1.82) is 0 Å². The first-order valence-electron chi connectivity index (χ1n) is 8.99. The molecule has 28 heavy (non-hydrogen) atoms. The van der Waals surface area contributed by atoms with Crippen molar-refractivity contribution in [2.45, 2.75) is 17.8 Å². The lowest BCUT2D eigenvalue weighted by Crippen LogP contribution is -2.02. The number of rotatable bonds is 7. The van der Waals surface area contributed by atoms with Crippen LogP contribution in [0.1, 0.15) is 12.6 Å². The molecular weight excluding hydrogens is 372 g/mol. The van der Waals surface area contributed by atoms with Crippen LogP contribution in [0.3, 0.4) is 0 Å². The summed E-state index contributed by atoms with van der Waals surface area (Å²) < 4.78 is 10.8. The maximum absolute atomic E-state index is 5.63. The van der Waals surface area contributed by atoms with E-state index in [2.05, 4.69) is 27.2 Å². The maximum atomic E-state index is 5.63. The first-order valence-corrected chi connectivity index (χ1v) is 9.97. The molecule has 0 spiro atoms. The normalized spacial score (nSPS) is 10.9. The third-order valence-electron chi connectivity index (χ3n) is 4.16. The summed E-state index contributed by atoms with van der Waals surface area (Å²) >= 11 is 1.54. The van der Waals surface area contributed by atoms with E-state index in [1.54, 1.807) is 13.4 Å². The van der Waals surface area contributed by atoms with Gasteiger partial charge in [0.1, 0.15) is 17.8 Å². The number of hydrogen-bond donors (Lipinski definition) is 1. The molecule has 0 unspecified atom stereocenters. The zero-order valence-electron chi connectivity index (χ0n) is 15.7. The molecule has 0 amide bonds. The molecule has 1 N–H and O–H groups in total. The van der Waals surface area contributed by atoms with E-state index in [0.717, 1.165) is 40.3 Å². The van der Waals surface area contributed by atoms with E-state index in [9.17, 15) is 0 Å². The van der Waals surface area contributed by atoms with Crippen LogP contribution in [-0.2, 0) is 5.75 Å². The predicted octanol–water partition coefficient (Wildman–Crippen LogP) is 5.02. The molecule has 0 aliphatic rings. The number of hydrogen-bond acceptors (Lipinski definition) is 7. The van der Waals surface area contributed by atoms with Gasteiger partial charge in [0.25, 0.3) is 0 Å². The van der Waals surface area contributed by atoms with Crippen LogP contribution in [0.2, 0.25) is 0 Å². The lowest BCUT2D eigenvalue weighted by atomic mass is 10.2. The number of methoxy groups -OCH3 is 1. The highest BCUT2D eigenvalue weighted by molar-refractivity contribution is 7.98. The molecule has 7 heteroatoms. The van der Waals surface area contributed by atoms with E-state index in [4.69, 9.17) is 9.15 Å². The van der Waals surface area contributed by atoms with Crippen LogP contribution in [0.5, 0.6) is 5.75 Å². The summed E-state index contributed by atoms with van der Waals surface area (Å²) in [7, 11) is 1.64. The van der Waals surface area contributed by atoms with Crippen molar-refractivity contribution in [2.75, 3.05) is 19.0 Å². The Hall–Kier alpha value is -3.06. The first-order chi connectivity index (χ1) is 13.8. The van der Waals surface area contributed by atoms with E-state index in [0.29, 0.717) is 16.8 Å². The van der Waals surface area contributed by atoms with Gasteiger partial charge in [0.2, 0.25) is 5.89 Å². The number of benzene rings is 2. The average Bonchev–Trinajstić information content (AvgIpc) is 3.22. The van der Waals surface area contributed by atoms with Gasteiger partial charge in [0.15, 0.2) is 5.16 Å². The Labute approximate surface area is 167 Å². The van der Waals surface area contributed by atoms with Crippen LogP contribution in [-0.4, -0.2) is 28.6 Å². The Morgan fingerprint density at radius 3 is 2.64 bits per heavy atom. The molecule has 4 aromatic rings. The molecule has 0 radical (unpaired) electrons. The van der Waals surface area contributed by atoms with Crippen LogP contribution >= 0.6 is 11.8 Å². The highest BCUT2D eigenvalue weighted by Crippen LogP contribution is 2.27. The Kier molecular flexibility index (Phi) is 5.43. The minimum absolute atomic E-state index is 0.589. The number of aromatic nitrogens is 3. The van der Waals surface area contributed by atoms with Gasteiger partial charge < -0.3 is 14.5 Å². The molecule has 0 fully saturated rings. The fourth-order valence-electron chi connectivity index (χ4n) is 2.80. The van der Waals surface area contributed by atoms with E-state index in [-0.39, 0.29) is 0 Å². The van der Waals surface area contributed by atoms with Gasteiger partial charge in [-0.2, -0.15) is 0 Å². The zero-order chi connectivity index (χ0) is 19.3. The van der Waals surface area contributed by atoms with Gasteiger partial charge >= 0.3 is 0 Å². The number of ether oxygens (including phenoxy) is 1. The van der Waals surface area contributed by atoms with Crippen LogP contribution in [0.15, 0.2) is 64.4 Å². The lowest BCUT2D eigenvalue weighted by molar-refractivity contribution is 0.415. The van der Waals surface area contributed by atoms with Crippen molar-refractivity contribution in [3.63, 3.8) is 0 Å². The molecule has 0 aliphatic carbocycles. The quantitative estimate of drug-likeness (QED) is 0.350. The van der Waals surface area contributed by atoms with Crippen molar-refractivity contribution in [3.05, 3.63) is 60.5 Å². The summed E-state index contributed by atoms with van der Waals surface area (Å²) in [5.41, 5.74) is 2.68. The third-order valence-corrected chi connectivity index (χ3v) is 5.05. The van der Waals surface area contributed by atoms with Gasteiger partial charge in [-0.15, -0.1) is 0 Å². The number of nitrogens with one attached hydrogen (secondary N) is 1.